The van der Waals surface area contributed by atoms with Crippen molar-refractivity contribution < 1.29 is 13.6 Å². The van der Waals surface area contributed by atoms with E-state index in [4.69, 9.17) is 10.8 Å². The van der Waals surface area contributed by atoms with Gasteiger partial charge in [-0.1, -0.05) is 24.3 Å². The van der Waals surface area contributed by atoms with Crippen LogP contribution in [0.3, 0.4) is 0 Å². The highest BCUT2D eigenvalue weighted by Crippen LogP contribution is 2.33. The maximum Gasteiger partial charge on any atom is 0.251 e. The minimum atomic E-state index is -0.798. The summed E-state index contributed by atoms with van der Waals surface area (Å²) in [6.07, 6.45) is 3.51. The standard InChI is InChI=1S/C24H23F2N7O/c25-17-8-16(9-18(26)10-17)24(34)29-11-14-3-5-15(6-4-14)21-20-22(27)30-13-31-23(20)33(32-21)19-2-1-7-28-12-19/h3-6,8-10,13,19,28H,1-2,7,11-12H2,(H,29,34)(H2,27,30,31)/t19-/m1/s1. The lowest BCUT2D eigenvalue weighted by Gasteiger charge is -2.23. The number of piperidine rings is 1. The fraction of sp³-hybridized carbons (Fsp3) is 0.250. The van der Waals surface area contributed by atoms with Gasteiger partial charge in [-0.05, 0) is 37.1 Å². The predicted octanol–water partition coefficient (Wildman–Crippen LogP) is 3.21. The van der Waals surface area contributed by atoms with Crippen LogP contribution in [0.1, 0.15) is 34.8 Å². The molecule has 34 heavy (non-hydrogen) atoms. The SMILES string of the molecule is Nc1ncnc2c1c(-c1ccc(CNC(=O)c3cc(F)cc(F)c3)cc1)nn2[C@@H]1CCCNC1. The Labute approximate surface area is 194 Å². The van der Waals surface area contributed by atoms with E-state index in [0.29, 0.717) is 22.5 Å². The van der Waals surface area contributed by atoms with Gasteiger partial charge in [-0.2, -0.15) is 5.10 Å². The van der Waals surface area contributed by atoms with Gasteiger partial charge in [0.2, 0.25) is 0 Å². The average molecular weight is 463 g/mol. The summed E-state index contributed by atoms with van der Waals surface area (Å²) in [4.78, 5) is 20.9. The van der Waals surface area contributed by atoms with Crippen LogP contribution in [0.2, 0.25) is 0 Å². The Bertz CT molecular complexity index is 1330. The summed E-state index contributed by atoms with van der Waals surface area (Å²) in [6.45, 7) is 2.01. The molecule has 0 spiro atoms. The Morgan fingerprint density at radius 1 is 1.15 bits per heavy atom. The summed E-state index contributed by atoms with van der Waals surface area (Å²) >= 11 is 0. The maximum atomic E-state index is 13.4. The van der Waals surface area contributed by atoms with Crippen molar-refractivity contribution in [1.82, 2.24) is 30.4 Å². The highest BCUT2D eigenvalue weighted by atomic mass is 19.1. The molecule has 1 aliphatic rings. The summed E-state index contributed by atoms with van der Waals surface area (Å²) in [5, 5.41) is 11.6. The number of amides is 1. The largest absolute Gasteiger partial charge is 0.383 e. The predicted molar refractivity (Wildman–Crippen MR) is 124 cm³/mol. The molecule has 2 aromatic heterocycles. The number of anilines is 1. The normalized spacial score (nSPS) is 16.0. The smallest absolute Gasteiger partial charge is 0.251 e. The van der Waals surface area contributed by atoms with E-state index in [1.54, 1.807) is 0 Å². The van der Waals surface area contributed by atoms with Crippen molar-refractivity contribution in [2.24, 2.45) is 0 Å². The molecule has 0 saturated carbocycles. The summed E-state index contributed by atoms with van der Waals surface area (Å²) in [7, 11) is 0. The Morgan fingerprint density at radius 2 is 1.91 bits per heavy atom. The second-order valence-corrected chi connectivity index (χ2v) is 8.29. The van der Waals surface area contributed by atoms with E-state index in [1.807, 2.05) is 28.9 Å². The van der Waals surface area contributed by atoms with Gasteiger partial charge in [0.15, 0.2) is 5.65 Å². The first-order valence-corrected chi connectivity index (χ1v) is 11.0. The number of nitrogens with two attached hydrogens (primary N) is 1. The minimum Gasteiger partial charge on any atom is -0.383 e. The van der Waals surface area contributed by atoms with E-state index in [2.05, 4.69) is 20.6 Å². The fourth-order valence-electron chi connectivity index (χ4n) is 4.24. The molecule has 8 nitrogen and oxygen atoms in total. The van der Waals surface area contributed by atoms with E-state index < -0.39 is 17.5 Å². The van der Waals surface area contributed by atoms with Crippen molar-refractivity contribution in [2.45, 2.75) is 25.4 Å². The molecule has 1 amide bonds. The number of halogens is 2. The number of fused-ring (bicyclic) bond motifs is 1. The molecule has 0 radical (unpaired) electrons. The third kappa shape index (κ3) is 4.32. The molecule has 1 aliphatic heterocycles. The molecule has 2 aromatic carbocycles. The molecular formula is C24H23F2N7O. The third-order valence-corrected chi connectivity index (χ3v) is 5.94. The molecule has 174 valence electrons. The molecule has 3 heterocycles. The Balaban J connectivity index is 1.38. The number of aromatic nitrogens is 4. The molecule has 1 saturated heterocycles. The van der Waals surface area contributed by atoms with Gasteiger partial charge in [-0.25, -0.2) is 23.4 Å². The van der Waals surface area contributed by atoms with Crippen molar-refractivity contribution in [3.8, 4) is 11.3 Å². The van der Waals surface area contributed by atoms with Crippen LogP contribution in [-0.2, 0) is 6.54 Å². The van der Waals surface area contributed by atoms with Gasteiger partial charge in [-0.15, -0.1) is 0 Å². The molecule has 0 unspecified atom stereocenters. The van der Waals surface area contributed by atoms with Gasteiger partial charge in [0, 0.05) is 30.3 Å². The lowest BCUT2D eigenvalue weighted by atomic mass is 10.1. The number of nitrogens with zero attached hydrogens (tertiary/aromatic N) is 4. The number of benzene rings is 2. The van der Waals surface area contributed by atoms with Crippen LogP contribution in [0.25, 0.3) is 22.3 Å². The van der Waals surface area contributed by atoms with Crippen LogP contribution in [0.5, 0.6) is 0 Å². The first-order valence-electron chi connectivity index (χ1n) is 11.0. The molecular weight excluding hydrogens is 440 g/mol. The number of carbonyl (C=O) groups excluding carboxylic acids is 1. The van der Waals surface area contributed by atoms with Gasteiger partial charge >= 0.3 is 0 Å². The van der Waals surface area contributed by atoms with Gasteiger partial charge in [0.25, 0.3) is 5.91 Å². The monoisotopic (exact) mass is 463 g/mol. The van der Waals surface area contributed by atoms with Gasteiger partial charge in [-0.3, -0.25) is 4.79 Å². The second kappa shape index (κ2) is 9.14. The van der Waals surface area contributed by atoms with E-state index in [0.717, 1.165) is 55.3 Å². The van der Waals surface area contributed by atoms with Crippen LogP contribution < -0.4 is 16.4 Å². The van der Waals surface area contributed by atoms with Crippen molar-refractivity contribution in [2.75, 3.05) is 18.8 Å². The van der Waals surface area contributed by atoms with E-state index >= 15 is 0 Å². The zero-order valence-corrected chi connectivity index (χ0v) is 18.3. The molecule has 1 fully saturated rings. The van der Waals surface area contributed by atoms with Gasteiger partial charge in [0.05, 0.1) is 11.4 Å². The number of rotatable bonds is 5. The lowest BCUT2D eigenvalue weighted by molar-refractivity contribution is 0.0950. The Morgan fingerprint density at radius 3 is 2.62 bits per heavy atom. The van der Waals surface area contributed by atoms with Crippen LogP contribution in [0.4, 0.5) is 14.6 Å². The minimum absolute atomic E-state index is 0.0705. The first kappa shape index (κ1) is 21.9. The highest BCUT2D eigenvalue weighted by molar-refractivity contribution is 5.98. The average Bonchev–Trinajstić information content (AvgIpc) is 3.24. The number of nitrogens with one attached hydrogen (secondary N) is 2. The zero-order valence-electron chi connectivity index (χ0n) is 18.3. The van der Waals surface area contributed by atoms with Gasteiger partial charge < -0.3 is 16.4 Å². The van der Waals surface area contributed by atoms with Crippen molar-refractivity contribution >= 4 is 22.8 Å². The van der Waals surface area contributed by atoms with Crippen LogP contribution in [0.15, 0.2) is 48.8 Å². The van der Waals surface area contributed by atoms with Gasteiger partial charge in [0.1, 0.15) is 29.5 Å². The summed E-state index contributed by atoms with van der Waals surface area (Å²) in [5.74, 6) is -1.78. The van der Waals surface area contributed by atoms with Crippen LogP contribution >= 0.6 is 0 Å². The molecule has 1 atom stereocenters. The number of hydrogen-bond donors (Lipinski definition) is 3. The Kier molecular flexibility index (Phi) is 5.89. The summed E-state index contributed by atoms with van der Waals surface area (Å²) < 4.78 is 28.7. The quantitative estimate of drug-likeness (QED) is 0.419. The van der Waals surface area contributed by atoms with E-state index in [9.17, 15) is 13.6 Å². The van der Waals surface area contributed by atoms with Crippen molar-refractivity contribution in [3.63, 3.8) is 0 Å². The highest BCUT2D eigenvalue weighted by Gasteiger charge is 2.23. The summed E-state index contributed by atoms with van der Waals surface area (Å²) in [6, 6.07) is 10.4. The lowest BCUT2D eigenvalue weighted by Crippen LogP contribution is -2.32. The number of hydrogen-bond acceptors (Lipinski definition) is 6. The van der Waals surface area contributed by atoms with Crippen LogP contribution in [0, 0.1) is 11.6 Å². The number of carbonyl (C=O) groups is 1. The topological polar surface area (TPSA) is 111 Å². The molecule has 4 N–H and O–H groups in total. The molecule has 0 aliphatic carbocycles. The fourth-order valence-corrected chi connectivity index (χ4v) is 4.24. The van der Waals surface area contributed by atoms with E-state index in [1.165, 1.54) is 6.33 Å². The van der Waals surface area contributed by atoms with E-state index in [-0.39, 0.29) is 18.2 Å². The van der Waals surface area contributed by atoms with Crippen molar-refractivity contribution in [1.29, 1.82) is 0 Å². The zero-order chi connectivity index (χ0) is 23.7. The Hall–Kier alpha value is -3.92. The maximum absolute atomic E-state index is 13.4. The molecule has 4 aromatic rings. The third-order valence-electron chi connectivity index (χ3n) is 5.94. The van der Waals surface area contributed by atoms with Crippen molar-refractivity contribution in [3.05, 3.63) is 71.6 Å². The summed E-state index contributed by atoms with van der Waals surface area (Å²) in [5.41, 5.74) is 9.20. The molecule has 5 rings (SSSR count). The molecule has 0 bridgehead atoms. The molecule has 10 heteroatoms. The second-order valence-electron chi connectivity index (χ2n) is 8.29. The first-order chi connectivity index (χ1) is 16.5. The number of nitrogen functional groups attached to an aromatic ring is 1. The van der Waals surface area contributed by atoms with Crippen LogP contribution in [-0.4, -0.2) is 38.7 Å².